The number of amides is 1. The van der Waals surface area contributed by atoms with Gasteiger partial charge in [0, 0.05) is 54.9 Å². The predicted octanol–water partition coefficient (Wildman–Crippen LogP) is 7.05. The first-order valence-corrected chi connectivity index (χ1v) is 18.1. The van der Waals surface area contributed by atoms with Crippen LogP contribution in [-0.4, -0.2) is 82.8 Å². The van der Waals surface area contributed by atoms with Crippen molar-refractivity contribution >= 4 is 49.1 Å². The van der Waals surface area contributed by atoms with Gasteiger partial charge in [-0.15, -0.1) is 11.3 Å². The van der Waals surface area contributed by atoms with E-state index in [2.05, 4.69) is 9.97 Å². The second-order valence-electron chi connectivity index (χ2n) is 14.5. The highest BCUT2D eigenvalue weighted by atomic mass is 32.1. The highest BCUT2D eigenvalue weighted by Crippen LogP contribution is 2.49. The van der Waals surface area contributed by atoms with Crippen LogP contribution in [0.1, 0.15) is 56.6 Å². The van der Waals surface area contributed by atoms with Crippen LogP contribution in [0.25, 0.3) is 32.1 Å². The van der Waals surface area contributed by atoms with Gasteiger partial charge in [-0.3, -0.25) is 9.69 Å². The average molecular weight is 744 g/mol. The van der Waals surface area contributed by atoms with E-state index >= 15 is 17.6 Å². The summed E-state index contributed by atoms with van der Waals surface area (Å²) in [5, 5.41) is 9.25. The van der Waals surface area contributed by atoms with E-state index in [4.69, 9.17) is 10.5 Å². The molecule has 0 bridgehead atoms. The molecule has 16 heteroatoms. The molecule has 3 aliphatic heterocycles. The van der Waals surface area contributed by atoms with E-state index in [0.717, 1.165) is 37.5 Å². The monoisotopic (exact) mass is 743 g/mol. The van der Waals surface area contributed by atoms with Gasteiger partial charge in [0.05, 0.1) is 27.4 Å². The topological polar surface area (TPSA) is 112 Å². The fraction of sp³-hybridized carbons (Fsp3) is 0.500. The second kappa shape index (κ2) is 12.4. The van der Waals surface area contributed by atoms with Gasteiger partial charge in [0.25, 0.3) is 0 Å². The number of fused-ring (bicyclic) bond motifs is 3. The van der Waals surface area contributed by atoms with Gasteiger partial charge in [-0.2, -0.15) is 28.4 Å². The molecule has 4 unspecified atom stereocenters. The number of carbonyl (C=O) groups is 1. The maximum absolute atomic E-state index is 17.2. The molecule has 2 aromatic carbocycles. The predicted molar refractivity (Wildman–Crippen MR) is 184 cm³/mol. The maximum atomic E-state index is 17.2. The number of ether oxygens (including phenoxy) is 1. The van der Waals surface area contributed by atoms with Crippen LogP contribution >= 0.6 is 11.3 Å². The Hall–Kier alpha value is -4.36. The molecule has 8 rings (SSSR count). The van der Waals surface area contributed by atoms with E-state index in [-0.39, 0.29) is 86.9 Å². The summed E-state index contributed by atoms with van der Waals surface area (Å²) in [7, 11) is 1.63. The van der Waals surface area contributed by atoms with Crippen molar-refractivity contribution in [2.75, 3.05) is 43.9 Å². The minimum atomic E-state index is -5.12. The van der Waals surface area contributed by atoms with Gasteiger partial charge >= 0.3 is 12.2 Å². The minimum Gasteiger partial charge on any atom is -0.461 e. The lowest BCUT2D eigenvalue weighted by Crippen LogP contribution is -2.45. The molecule has 3 saturated heterocycles. The van der Waals surface area contributed by atoms with Crippen LogP contribution in [0, 0.1) is 28.9 Å². The van der Waals surface area contributed by atoms with Gasteiger partial charge in [-0.05, 0) is 63.3 Å². The van der Waals surface area contributed by atoms with Crippen LogP contribution in [-0.2, 0) is 11.0 Å². The fourth-order valence-electron chi connectivity index (χ4n) is 8.64. The third-order valence-electron chi connectivity index (χ3n) is 11.4. The number of benzene rings is 2. The first-order chi connectivity index (χ1) is 24.7. The van der Waals surface area contributed by atoms with E-state index in [1.54, 1.807) is 16.8 Å². The SMILES string of the molecule is CC1C(N(C)c2nc(OCC34CCCN3CC(F)C4)nc3c(F)c(-c4ccc(F)c5sc(N)c(C#N)c45)c(C(F)(F)F)cc23)CCN1C(=O)C1CC1. The van der Waals surface area contributed by atoms with Crippen LogP contribution in [0.3, 0.4) is 0 Å². The molecule has 4 fully saturated rings. The molecule has 52 heavy (non-hydrogen) atoms. The quantitative estimate of drug-likeness (QED) is 0.201. The van der Waals surface area contributed by atoms with E-state index in [0.29, 0.717) is 37.3 Å². The number of anilines is 2. The molecular formula is C36H35F6N7O2S. The maximum Gasteiger partial charge on any atom is 0.417 e. The summed E-state index contributed by atoms with van der Waals surface area (Å²) in [6.07, 6.45) is -2.31. The molecule has 4 aromatic rings. The van der Waals surface area contributed by atoms with E-state index in [9.17, 15) is 18.8 Å². The van der Waals surface area contributed by atoms with Crippen molar-refractivity contribution in [1.29, 1.82) is 5.26 Å². The van der Waals surface area contributed by atoms with Gasteiger partial charge < -0.3 is 20.3 Å². The lowest BCUT2D eigenvalue weighted by atomic mass is 9.92. The molecule has 0 spiro atoms. The smallest absolute Gasteiger partial charge is 0.417 e. The third kappa shape index (κ3) is 5.50. The summed E-state index contributed by atoms with van der Waals surface area (Å²) in [4.78, 5) is 27.4. The molecule has 9 nitrogen and oxygen atoms in total. The fourth-order valence-corrected chi connectivity index (χ4v) is 9.59. The van der Waals surface area contributed by atoms with Gasteiger partial charge in [0.1, 0.15) is 41.0 Å². The molecular weight excluding hydrogens is 708 g/mol. The molecule has 4 atom stereocenters. The van der Waals surface area contributed by atoms with E-state index in [1.165, 1.54) is 0 Å². The van der Waals surface area contributed by atoms with Crippen LogP contribution < -0.4 is 15.4 Å². The number of rotatable bonds is 7. The number of thiophene rings is 1. The van der Waals surface area contributed by atoms with Crippen molar-refractivity contribution < 1.29 is 35.9 Å². The lowest BCUT2D eigenvalue weighted by molar-refractivity contribution is -0.137. The zero-order valence-corrected chi connectivity index (χ0v) is 29.2. The first kappa shape index (κ1) is 34.7. The number of halogens is 6. The van der Waals surface area contributed by atoms with Crippen molar-refractivity contribution in [2.24, 2.45) is 5.92 Å². The van der Waals surface area contributed by atoms with Gasteiger partial charge in [0.2, 0.25) is 5.91 Å². The second-order valence-corrected chi connectivity index (χ2v) is 15.5. The largest absolute Gasteiger partial charge is 0.461 e. The molecule has 4 aliphatic rings. The number of hydrogen-bond donors (Lipinski definition) is 1. The highest BCUT2D eigenvalue weighted by molar-refractivity contribution is 7.23. The van der Waals surface area contributed by atoms with Crippen molar-refractivity contribution in [3.63, 3.8) is 0 Å². The summed E-state index contributed by atoms with van der Waals surface area (Å²) >= 11 is 0.684. The Labute approximate surface area is 298 Å². The summed E-state index contributed by atoms with van der Waals surface area (Å²) in [5.74, 6) is -2.22. The number of likely N-dealkylation sites (N-methyl/N-ethyl adjacent to an activating group) is 1. The molecule has 2 N–H and O–H groups in total. The molecule has 5 heterocycles. The number of nitriles is 1. The zero-order chi connectivity index (χ0) is 36.9. The molecule has 274 valence electrons. The summed E-state index contributed by atoms with van der Waals surface area (Å²) in [6, 6.07) is 3.50. The van der Waals surface area contributed by atoms with Gasteiger partial charge in [-0.25, -0.2) is 13.2 Å². The minimum absolute atomic E-state index is 0.0149. The summed E-state index contributed by atoms with van der Waals surface area (Å²) in [6.45, 7) is 3.24. The molecule has 2 aromatic heterocycles. The van der Waals surface area contributed by atoms with Gasteiger partial charge in [0.15, 0.2) is 5.82 Å². The van der Waals surface area contributed by atoms with E-state index in [1.807, 2.05) is 17.9 Å². The number of likely N-dealkylation sites (tertiary alicyclic amines) is 1. The standard InChI is InChI=1S/C36H35F6N7O2S/c1-17-25(8-11-49(17)33(50)18-4-5-18)47(2)32-21-12-23(36(40,41)42)27(20-6-7-24(38)30-26(20)22(14-43)31(44)52-30)28(39)29(21)45-34(46-32)51-16-35-9-3-10-48(35)15-19(37)13-35/h6-7,12,17-19,25H,3-5,8-11,13,15-16,44H2,1-2H3. The Morgan fingerprint density at radius 1 is 1.21 bits per heavy atom. The lowest BCUT2D eigenvalue weighted by Gasteiger charge is -2.33. The van der Waals surface area contributed by atoms with Crippen LogP contribution in [0.2, 0.25) is 0 Å². The Balaban J connectivity index is 1.31. The Morgan fingerprint density at radius 3 is 2.69 bits per heavy atom. The number of hydrogen-bond acceptors (Lipinski definition) is 9. The van der Waals surface area contributed by atoms with Crippen molar-refractivity contribution in [3.8, 4) is 23.2 Å². The van der Waals surface area contributed by atoms with Crippen molar-refractivity contribution in [1.82, 2.24) is 19.8 Å². The number of alkyl halides is 4. The van der Waals surface area contributed by atoms with Crippen molar-refractivity contribution in [3.05, 3.63) is 41.0 Å². The van der Waals surface area contributed by atoms with E-state index < -0.39 is 46.2 Å². The van der Waals surface area contributed by atoms with Gasteiger partial charge in [-0.1, -0.05) is 6.07 Å². The first-order valence-electron chi connectivity index (χ1n) is 17.3. The van der Waals surface area contributed by atoms with Crippen LogP contribution in [0.4, 0.5) is 37.2 Å². The number of nitrogens with two attached hydrogens (primary N) is 1. The number of nitrogen functional groups attached to an aromatic ring is 1. The van der Waals surface area contributed by atoms with Crippen molar-refractivity contribution in [2.45, 2.75) is 75.4 Å². The Kier molecular flexibility index (Phi) is 8.25. The summed E-state index contributed by atoms with van der Waals surface area (Å²) < 4.78 is 97.9. The normalized spacial score (nSPS) is 24.9. The number of aromatic nitrogens is 2. The average Bonchev–Trinajstić information content (AvgIpc) is 3.49. The highest BCUT2D eigenvalue weighted by Gasteiger charge is 2.50. The Bertz CT molecular complexity index is 2170. The number of carbonyl (C=O) groups excluding carboxylic acids is 1. The molecule has 1 amide bonds. The molecule has 0 radical (unpaired) electrons. The molecule has 1 saturated carbocycles. The molecule has 1 aliphatic carbocycles. The van der Waals surface area contributed by atoms with Crippen LogP contribution in [0.5, 0.6) is 6.01 Å². The summed E-state index contributed by atoms with van der Waals surface area (Å²) in [5.41, 5.74) is 1.92. The zero-order valence-electron chi connectivity index (χ0n) is 28.4. The third-order valence-corrected chi connectivity index (χ3v) is 12.4. The van der Waals surface area contributed by atoms with Crippen LogP contribution in [0.15, 0.2) is 18.2 Å². The number of nitrogens with zero attached hydrogens (tertiary/aromatic N) is 6. The Morgan fingerprint density at radius 2 is 1.98 bits per heavy atom.